The Morgan fingerprint density at radius 1 is 0.882 bits per heavy atom. The van der Waals surface area contributed by atoms with Crippen LogP contribution in [-0.2, 0) is 0 Å². The Morgan fingerprint density at radius 3 is 2.24 bits per heavy atom. The normalized spacial score (nSPS) is 11.7. The van der Waals surface area contributed by atoms with Crippen LogP contribution in [0.1, 0.15) is 21.7 Å². The van der Waals surface area contributed by atoms with Crippen molar-refractivity contribution in [2.24, 2.45) is 0 Å². The monoisotopic (exact) mass is 453 g/mol. The number of ether oxygens (including phenoxy) is 3. The number of aromatic amines is 2. The van der Waals surface area contributed by atoms with Gasteiger partial charge in [-0.25, -0.2) is 4.98 Å². The van der Waals surface area contributed by atoms with Gasteiger partial charge in [-0.15, -0.1) is 0 Å². The molecule has 0 amide bonds. The number of rotatable bonds is 7. The number of carbonyl (C=O) groups excluding carboxylic acids is 1. The van der Waals surface area contributed by atoms with Crippen LogP contribution in [0.15, 0.2) is 66.9 Å². The standard InChI is InChI=1S/C27H23N3O4/c1-32-23-13-16(14-24(33-2)26(23)34-3)25(31)19(27-29-21-10-6-7-11-22(21)30-27)12-17-15-28-20-9-5-4-8-18(17)20/h4-15,28H,1-3H3,(H,29,30)/b19-12-. The number of ketones is 1. The Hall–Kier alpha value is -4.52. The molecular weight excluding hydrogens is 430 g/mol. The van der Waals surface area contributed by atoms with E-state index in [4.69, 9.17) is 19.2 Å². The van der Waals surface area contributed by atoms with Crippen molar-refractivity contribution in [2.75, 3.05) is 21.3 Å². The van der Waals surface area contributed by atoms with Gasteiger partial charge in [0.1, 0.15) is 5.82 Å². The fraction of sp³-hybridized carbons (Fsp3) is 0.111. The number of allylic oxidation sites excluding steroid dienone is 1. The van der Waals surface area contributed by atoms with Crippen LogP contribution in [0.25, 0.3) is 33.6 Å². The molecular formula is C27H23N3O4. The van der Waals surface area contributed by atoms with E-state index in [1.54, 1.807) is 12.1 Å². The number of H-pyrrole nitrogens is 2. The summed E-state index contributed by atoms with van der Waals surface area (Å²) in [6.45, 7) is 0. The van der Waals surface area contributed by atoms with Gasteiger partial charge in [0.15, 0.2) is 17.3 Å². The van der Waals surface area contributed by atoms with E-state index < -0.39 is 0 Å². The first-order chi connectivity index (χ1) is 16.6. The molecule has 0 radical (unpaired) electrons. The van der Waals surface area contributed by atoms with Crippen LogP contribution in [0, 0.1) is 0 Å². The summed E-state index contributed by atoms with van der Waals surface area (Å²) in [5.41, 5.74) is 4.29. The van der Waals surface area contributed by atoms with Gasteiger partial charge in [0, 0.05) is 28.2 Å². The van der Waals surface area contributed by atoms with Crippen LogP contribution in [-0.4, -0.2) is 42.1 Å². The SMILES string of the molecule is COc1cc(C(=O)/C(=C/c2c[nH]c3ccccc23)c2nc3ccccc3[nH]2)cc(OC)c1OC. The van der Waals surface area contributed by atoms with E-state index in [1.807, 2.05) is 60.8 Å². The summed E-state index contributed by atoms with van der Waals surface area (Å²) >= 11 is 0. The minimum Gasteiger partial charge on any atom is -0.493 e. The Bertz CT molecular complexity index is 1490. The number of imidazole rings is 1. The number of methoxy groups -OCH3 is 3. The van der Waals surface area contributed by atoms with Crippen molar-refractivity contribution in [1.82, 2.24) is 15.0 Å². The second-order valence-electron chi connectivity index (χ2n) is 7.69. The third-order valence-electron chi connectivity index (χ3n) is 5.74. The van der Waals surface area contributed by atoms with Crippen LogP contribution in [0.2, 0.25) is 0 Å². The average molecular weight is 453 g/mol. The number of nitrogens with zero attached hydrogens (tertiary/aromatic N) is 1. The quantitative estimate of drug-likeness (QED) is 0.251. The van der Waals surface area contributed by atoms with Gasteiger partial charge in [-0.05, 0) is 36.4 Å². The molecule has 0 saturated heterocycles. The van der Waals surface area contributed by atoms with E-state index in [-0.39, 0.29) is 5.78 Å². The van der Waals surface area contributed by atoms with Crippen molar-refractivity contribution in [3.8, 4) is 17.2 Å². The summed E-state index contributed by atoms with van der Waals surface area (Å²) in [7, 11) is 4.57. The zero-order chi connectivity index (χ0) is 23.7. The average Bonchev–Trinajstić information content (AvgIpc) is 3.49. The molecule has 2 N–H and O–H groups in total. The van der Waals surface area contributed by atoms with Crippen LogP contribution in [0.4, 0.5) is 0 Å². The van der Waals surface area contributed by atoms with Gasteiger partial charge in [-0.3, -0.25) is 4.79 Å². The smallest absolute Gasteiger partial charge is 0.203 e. The van der Waals surface area contributed by atoms with E-state index >= 15 is 0 Å². The molecule has 2 aromatic heterocycles. The fourth-order valence-electron chi connectivity index (χ4n) is 4.06. The molecule has 170 valence electrons. The van der Waals surface area contributed by atoms with E-state index in [0.717, 1.165) is 27.5 Å². The minimum atomic E-state index is -0.233. The molecule has 0 spiro atoms. The zero-order valence-electron chi connectivity index (χ0n) is 19.0. The zero-order valence-corrected chi connectivity index (χ0v) is 19.0. The van der Waals surface area contributed by atoms with E-state index in [9.17, 15) is 4.79 Å². The Kier molecular flexibility index (Phi) is 5.51. The molecule has 5 aromatic rings. The van der Waals surface area contributed by atoms with Crippen molar-refractivity contribution in [3.05, 3.63) is 83.8 Å². The van der Waals surface area contributed by atoms with Crippen LogP contribution in [0.3, 0.4) is 0 Å². The molecule has 0 aliphatic rings. The molecule has 0 aliphatic carbocycles. The van der Waals surface area contributed by atoms with Crippen LogP contribution < -0.4 is 14.2 Å². The summed E-state index contributed by atoms with van der Waals surface area (Å²) in [5, 5.41) is 1.01. The van der Waals surface area contributed by atoms with Gasteiger partial charge in [0.25, 0.3) is 0 Å². The lowest BCUT2D eigenvalue weighted by molar-refractivity contribution is 0.105. The lowest BCUT2D eigenvalue weighted by Gasteiger charge is -2.14. The Balaban J connectivity index is 1.71. The molecule has 34 heavy (non-hydrogen) atoms. The number of para-hydroxylation sites is 3. The van der Waals surface area contributed by atoms with Gasteiger partial charge in [0.2, 0.25) is 5.75 Å². The number of nitrogens with one attached hydrogen (secondary N) is 2. The van der Waals surface area contributed by atoms with Crippen molar-refractivity contribution in [3.63, 3.8) is 0 Å². The number of benzene rings is 3. The molecule has 0 bridgehead atoms. The Labute approximate surface area is 196 Å². The lowest BCUT2D eigenvalue weighted by atomic mass is 9.99. The first kappa shape index (κ1) is 21.3. The third kappa shape index (κ3) is 3.67. The first-order valence-corrected chi connectivity index (χ1v) is 10.7. The molecule has 0 fully saturated rings. The maximum Gasteiger partial charge on any atom is 0.203 e. The second kappa shape index (κ2) is 8.78. The summed E-state index contributed by atoms with van der Waals surface area (Å²) in [5.74, 6) is 1.48. The van der Waals surface area contributed by atoms with Crippen LogP contribution >= 0.6 is 0 Å². The molecule has 7 heteroatoms. The number of carbonyl (C=O) groups is 1. The predicted molar refractivity (Wildman–Crippen MR) is 133 cm³/mol. The molecule has 7 nitrogen and oxygen atoms in total. The van der Waals surface area contributed by atoms with E-state index in [0.29, 0.717) is 34.2 Å². The topological polar surface area (TPSA) is 89.2 Å². The fourth-order valence-corrected chi connectivity index (χ4v) is 4.06. The predicted octanol–water partition coefficient (Wildman–Crippen LogP) is 5.49. The molecule has 0 atom stereocenters. The van der Waals surface area contributed by atoms with Gasteiger partial charge in [0.05, 0.1) is 37.9 Å². The second-order valence-corrected chi connectivity index (χ2v) is 7.69. The summed E-state index contributed by atoms with van der Waals surface area (Å²) in [4.78, 5) is 25.2. The highest BCUT2D eigenvalue weighted by molar-refractivity contribution is 6.32. The van der Waals surface area contributed by atoms with Crippen molar-refractivity contribution in [1.29, 1.82) is 0 Å². The Morgan fingerprint density at radius 2 is 1.56 bits per heavy atom. The molecule has 0 saturated carbocycles. The number of fused-ring (bicyclic) bond motifs is 2. The molecule has 0 aliphatic heterocycles. The van der Waals surface area contributed by atoms with Crippen molar-refractivity contribution < 1.29 is 19.0 Å². The van der Waals surface area contributed by atoms with Crippen LogP contribution in [0.5, 0.6) is 17.2 Å². The highest BCUT2D eigenvalue weighted by Crippen LogP contribution is 2.39. The first-order valence-electron chi connectivity index (χ1n) is 10.7. The maximum atomic E-state index is 13.9. The van der Waals surface area contributed by atoms with Crippen molar-refractivity contribution in [2.45, 2.75) is 0 Å². The minimum absolute atomic E-state index is 0.233. The molecule has 5 rings (SSSR count). The van der Waals surface area contributed by atoms with E-state index in [2.05, 4.69) is 9.97 Å². The van der Waals surface area contributed by atoms with Gasteiger partial charge < -0.3 is 24.2 Å². The number of aromatic nitrogens is 3. The highest BCUT2D eigenvalue weighted by atomic mass is 16.5. The molecule has 2 heterocycles. The number of Topliss-reactive ketones (excluding diaryl/α,β-unsaturated/α-hetero) is 1. The number of hydrogen-bond acceptors (Lipinski definition) is 5. The number of hydrogen-bond donors (Lipinski definition) is 2. The van der Waals surface area contributed by atoms with Gasteiger partial charge in [-0.1, -0.05) is 30.3 Å². The van der Waals surface area contributed by atoms with Gasteiger partial charge >= 0.3 is 0 Å². The summed E-state index contributed by atoms with van der Waals surface area (Å²) < 4.78 is 16.3. The van der Waals surface area contributed by atoms with E-state index in [1.165, 1.54) is 21.3 Å². The maximum absolute atomic E-state index is 13.9. The third-order valence-corrected chi connectivity index (χ3v) is 5.74. The van der Waals surface area contributed by atoms with Gasteiger partial charge in [-0.2, -0.15) is 0 Å². The largest absolute Gasteiger partial charge is 0.493 e. The summed E-state index contributed by atoms with van der Waals surface area (Å²) in [6.07, 6.45) is 3.73. The molecule has 0 unspecified atom stereocenters. The summed E-state index contributed by atoms with van der Waals surface area (Å²) in [6, 6.07) is 18.9. The van der Waals surface area contributed by atoms with Crippen molar-refractivity contribution >= 4 is 39.4 Å². The molecule has 3 aromatic carbocycles. The lowest BCUT2D eigenvalue weighted by Crippen LogP contribution is -2.06. The highest BCUT2D eigenvalue weighted by Gasteiger charge is 2.23.